The molecule has 0 aliphatic heterocycles. The van der Waals surface area contributed by atoms with Crippen molar-refractivity contribution in [1.29, 1.82) is 0 Å². The van der Waals surface area contributed by atoms with Crippen LogP contribution in [0, 0.1) is 0 Å². The zero-order valence-corrected chi connectivity index (χ0v) is 10.3. The van der Waals surface area contributed by atoms with Gasteiger partial charge in [0.2, 0.25) is 0 Å². The van der Waals surface area contributed by atoms with Crippen LogP contribution in [0.25, 0.3) is 5.69 Å². The summed E-state index contributed by atoms with van der Waals surface area (Å²) in [6, 6.07) is 4.31. The summed E-state index contributed by atoms with van der Waals surface area (Å²) in [5.74, 6) is -0.715. The van der Waals surface area contributed by atoms with Crippen LogP contribution in [-0.4, -0.2) is 22.9 Å². The van der Waals surface area contributed by atoms with Gasteiger partial charge in [-0.1, -0.05) is 0 Å². The van der Waals surface area contributed by atoms with Crippen LogP contribution in [0.1, 0.15) is 16.1 Å². The predicted octanol–water partition coefficient (Wildman–Crippen LogP) is 2.26. The predicted molar refractivity (Wildman–Crippen MR) is 64.3 cm³/mol. The number of aromatic nitrogens is 2. The number of alkyl halides is 3. The van der Waals surface area contributed by atoms with E-state index in [0.29, 0.717) is 5.69 Å². The van der Waals surface area contributed by atoms with Gasteiger partial charge in [-0.3, -0.25) is 0 Å². The van der Waals surface area contributed by atoms with Gasteiger partial charge < -0.3 is 10.5 Å². The number of carbonyl (C=O) groups excluding carboxylic acids is 1. The summed E-state index contributed by atoms with van der Waals surface area (Å²) >= 11 is 0. The number of benzene rings is 1. The van der Waals surface area contributed by atoms with Gasteiger partial charge in [-0.15, -0.1) is 0 Å². The maximum atomic E-state index is 12.4. The summed E-state index contributed by atoms with van der Waals surface area (Å²) in [5.41, 5.74) is 5.16. The third-order valence-corrected chi connectivity index (χ3v) is 2.58. The van der Waals surface area contributed by atoms with Crippen LogP contribution in [0.4, 0.5) is 18.9 Å². The Morgan fingerprint density at radius 1 is 1.30 bits per heavy atom. The van der Waals surface area contributed by atoms with Crippen molar-refractivity contribution in [3.8, 4) is 5.69 Å². The first-order valence-corrected chi connectivity index (χ1v) is 5.44. The topological polar surface area (TPSA) is 70.1 Å². The standard InChI is InChI=1S/C12H10F3N3O2/c1-20-11(19)10-9(16)6-18(17-10)8-4-2-7(3-5-8)12(13,14)15/h2-6H,16H2,1H3. The van der Waals surface area contributed by atoms with Crippen molar-refractivity contribution < 1.29 is 22.7 Å². The Labute approximate surface area is 111 Å². The summed E-state index contributed by atoms with van der Waals surface area (Å²) in [6.45, 7) is 0. The molecule has 8 heteroatoms. The normalized spacial score (nSPS) is 11.4. The van der Waals surface area contributed by atoms with E-state index in [0.717, 1.165) is 12.1 Å². The van der Waals surface area contributed by atoms with Crippen molar-refractivity contribution in [1.82, 2.24) is 9.78 Å². The third-order valence-electron chi connectivity index (χ3n) is 2.58. The van der Waals surface area contributed by atoms with Crippen LogP contribution in [-0.2, 0) is 10.9 Å². The first kappa shape index (κ1) is 13.9. The van der Waals surface area contributed by atoms with E-state index in [2.05, 4.69) is 9.84 Å². The molecule has 0 amide bonds. The molecule has 0 saturated heterocycles. The zero-order chi connectivity index (χ0) is 14.9. The van der Waals surface area contributed by atoms with Crippen LogP contribution >= 0.6 is 0 Å². The minimum absolute atomic E-state index is 0.0803. The van der Waals surface area contributed by atoms with Crippen molar-refractivity contribution in [3.05, 3.63) is 41.7 Å². The molecule has 0 bridgehead atoms. The highest BCUT2D eigenvalue weighted by Gasteiger charge is 2.30. The summed E-state index contributed by atoms with van der Waals surface area (Å²) < 4.78 is 43.0. The van der Waals surface area contributed by atoms with Crippen LogP contribution in [0.2, 0.25) is 0 Å². The summed E-state index contributed by atoms with van der Waals surface area (Å²) in [5, 5.41) is 3.88. The number of ether oxygens (including phenoxy) is 1. The Hall–Kier alpha value is -2.51. The first-order valence-electron chi connectivity index (χ1n) is 5.44. The monoisotopic (exact) mass is 285 g/mol. The van der Waals surface area contributed by atoms with E-state index < -0.39 is 17.7 Å². The minimum atomic E-state index is -4.40. The fourth-order valence-corrected chi connectivity index (χ4v) is 1.58. The van der Waals surface area contributed by atoms with Gasteiger partial charge in [-0.05, 0) is 24.3 Å². The van der Waals surface area contributed by atoms with Gasteiger partial charge in [0.15, 0.2) is 5.69 Å². The van der Waals surface area contributed by atoms with Crippen molar-refractivity contribution in [3.63, 3.8) is 0 Å². The molecule has 5 nitrogen and oxygen atoms in total. The molecule has 1 aromatic carbocycles. The van der Waals surface area contributed by atoms with Gasteiger partial charge in [-0.25, -0.2) is 9.48 Å². The zero-order valence-electron chi connectivity index (χ0n) is 10.3. The Morgan fingerprint density at radius 2 is 1.90 bits per heavy atom. The van der Waals surface area contributed by atoms with Gasteiger partial charge >= 0.3 is 12.1 Å². The van der Waals surface area contributed by atoms with Gasteiger partial charge in [0, 0.05) is 0 Å². The Balaban J connectivity index is 2.35. The highest BCUT2D eigenvalue weighted by Crippen LogP contribution is 2.29. The van der Waals surface area contributed by atoms with E-state index in [4.69, 9.17) is 5.73 Å². The molecule has 0 saturated carbocycles. The Bertz CT molecular complexity index is 632. The second-order valence-electron chi connectivity index (χ2n) is 3.91. The van der Waals surface area contributed by atoms with Crippen LogP contribution in [0.5, 0.6) is 0 Å². The van der Waals surface area contributed by atoms with E-state index in [1.165, 1.54) is 30.1 Å². The highest BCUT2D eigenvalue weighted by molar-refractivity contribution is 5.92. The summed E-state index contributed by atoms with van der Waals surface area (Å²) in [6.07, 6.45) is -3.08. The molecular formula is C12H10F3N3O2. The number of nitrogens with two attached hydrogens (primary N) is 1. The number of hydrogen-bond acceptors (Lipinski definition) is 4. The number of esters is 1. The maximum Gasteiger partial charge on any atom is 0.416 e. The number of methoxy groups -OCH3 is 1. The molecular weight excluding hydrogens is 275 g/mol. The molecule has 0 atom stereocenters. The van der Waals surface area contributed by atoms with Gasteiger partial charge in [0.25, 0.3) is 0 Å². The number of halogens is 3. The fraction of sp³-hybridized carbons (Fsp3) is 0.167. The average Bonchev–Trinajstić information content (AvgIpc) is 2.79. The fourth-order valence-electron chi connectivity index (χ4n) is 1.58. The second-order valence-corrected chi connectivity index (χ2v) is 3.91. The molecule has 2 N–H and O–H groups in total. The molecule has 0 aliphatic rings. The molecule has 1 aromatic heterocycles. The molecule has 0 fully saturated rings. The summed E-state index contributed by atoms with van der Waals surface area (Å²) in [7, 11) is 1.18. The quantitative estimate of drug-likeness (QED) is 0.859. The number of nitrogen functional groups attached to an aromatic ring is 1. The van der Waals surface area contributed by atoms with Crippen molar-refractivity contribution in [2.75, 3.05) is 12.8 Å². The minimum Gasteiger partial charge on any atom is -0.464 e. The second kappa shape index (κ2) is 4.87. The molecule has 0 radical (unpaired) electrons. The lowest BCUT2D eigenvalue weighted by molar-refractivity contribution is -0.137. The smallest absolute Gasteiger partial charge is 0.416 e. The maximum absolute atomic E-state index is 12.4. The molecule has 0 spiro atoms. The number of rotatable bonds is 2. The Kier molecular flexibility index (Phi) is 3.39. The first-order chi connectivity index (χ1) is 9.32. The van der Waals surface area contributed by atoms with Crippen LogP contribution in [0.15, 0.2) is 30.5 Å². The van der Waals surface area contributed by atoms with Gasteiger partial charge in [0.05, 0.1) is 30.2 Å². The third kappa shape index (κ3) is 2.58. The van der Waals surface area contributed by atoms with Crippen LogP contribution < -0.4 is 5.73 Å². The van der Waals surface area contributed by atoms with E-state index in [9.17, 15) is 18.0 Å². The summed E-state index contributed by atoms with van der Waals surface area (Å²) in [4.78, 5) is 11.3. The van der Waals surface area contributed by atoms with E-state index in [1.807, 2.05) is 0 Å². The number of hydrogen-bond donors (Lipinski definition) is 1. The SMILES string of the molecule is COC(=O)c1nn(-c2ccc(C(F)(F)F)cc2)cc1N. The number of anilines is 1. The van der Waals surface area contributed by atoms with E-state index in [1.54, 1.807) is 0 Å². The van der Waals surface area contributed by atoms with Gasteiger partial charge in [-0.2, -0.15) is 18.3 Å². The Morgan fingerprint density at radius 3 is 2.40 bits per heavy atom. The lowest BCUT2D eigenvalue weighted by atomic mass is 10.2. The number of nitrogens with zero attached hydrogens (tertiary/aromatic N) is 2. The molecule has 106 valence electrons. The van der Waals surface area contributed by atoms with Crippen LogP contribution in [0.3, 0.4) is 0 Å². The highest BCUT2D eigenvalue weighted by atomic mass is 19.4. The molecule has 20 heavy (non-hydrogen) atoms. The van der Waals surface area contributed by atoms with Crippen molar-refractivity contribution >= 4 is 11.7 Å². The number of carbonyl (C=O) groups is 1. The lowest BCUT2D eigenvalue weighted by Gasteiger charge is -2.07. The van der Waals surface area contributed by atoms with Crippen molar-refractivity contribution in [2.24, 2.45) is 0 Å². The van der Waals surface area contributed by atoms with Crippen molar-refractivity contribution in [2.45, 2.75) is 6.18 Å². The van der Waals surface area contributed by atoms with Gasteiger partial charge in [0.1, 0.15) is 0 Å². The molecule has 2 aromatic rings. The molecule has 2 rings (SSSR count). The molecule has 0 unspecified atom stereocenters. The molecule has 1 heterocycles. The average molecular weight is 285 g/mol. The van der Waals surface area contributed by atoms with E-state index in [-0.39, 0.29) is 11.4 Å². The molecule has 0 aliphatic carbocycles. The largest absolute Gasteiger partial charge is 0.464 e. The lowest BCUT2D eigenvalue weighted by Crippen LogP contribution is -2.07. The van der Waals surface area contributed by atoms with E-state index >= 15 is 0 Å².